The Bertz CT molecular complexity index is 1640. The first-order valence-electron chi connectivity index (χ1n) is 12.7. The van der Waals surface area contributed by atoms with Crippen LogP contribution in [-0.4, -0.2) is 31.2 Å². The molecule has 39 heavy (non-hydrogen) atoms. The number of carbonyl (C=O) groups excluding carboxylic acids is 2. The summed E-state index contributed by atoms with van der Waals surface area (Å²) in [5.41, 5.74) is 1.70. The van der Waals surface area contributed by atoms with Gasteiger partial charge in [-0.25, -0.2) is 23.7 Å². The first kappa shape index (κ1) is 24.9. The van der Waals surface area contributed by atoms with Crippen molar-refractivity contribution in [2.24, 2.45) is 5.92 Å². The number of amides is 2. The number of benzene rings is 1. The molecule has 11 heteroatoms. The topological polar surface area (TPSA) is 111 Å². The van der Waals surface area contributed by atoms with Gasteiger partial charge in [0.05, 0.1) is 28.9 Å². The lowest BCUT2D eigenvalue weighted by Gasteiger charge is -2.19. The normalized spacial score (nSPS) is 15.8. The molecule has 0 atom stereocenters. The van der Waals surface area contributed by atoms with Gasteiger partial charge in [-0.2, -0.15) is 0 Å². The van der Waals surface area contributed by atoms with Crippen molar-refractivity contribution < 1.29 is 23.1 Å². The number of nitrogens with zero attached hydrogens (tertiary/aromatic N) is 4. The van der Waals surface area contributed by atoms with Crippen LogP contribution in [0.4, 0.5) is 14.6 Å². The molecule has 1 aliphatic carbocycles. The standard InChI is InChI=1S/C28H26F2N6O3/c1-14-22(36-11-5-8-20(25(36)32-14)39-13-16-17(29)6-4-7-18(16)30)24-33-19(12-31-26(37)15-9-10-15)21-23(34-24)35-27(38)28(21,2)3/h4-8,11,15H,9-10,12-13H2,1-3H3,(H,31,37)(H,33,34,35,38). The van der Waals surface area contributed by atoms with Crippen molar-refractivity contribution in [3.05, 3.63) is 70.7 Å². The van der Waals surface area contributed by atoms with Gasteiger partial charge in [-0.1, -0.05) is 6.07 Å². The van der Waals surface area contributed by atoms with Crippen molar-refractivity contribution >= 4 is 23.3 Å². The minimum Gasteiger partial charge on any atom is -0.485 e. The number of rotatable bonds is 7. The number of aryl methyl sites for hydroxylation is 1. The van der Waals surface area contributed by atoms with Crippen molar-refractivity contribution in [2.75, 3.05) is 5.32 Å². The molecule has 3 aromatic heterocycles. The number of halogens is 2. The number of hydrogen-bond acceptors (Lipinski definition) is 6. The van der Waals surface area contributed by atoms with Crippen LogP contribution in [-0.2, 0) is 28.2 Å². The van der Waals surface area contributed by atoms with Gasteiger partial charge in [-0.15, -0.1) is 0 Å². The Morgan fingerprint density at radius 2 is 1.90 bits per heavy atom. The molecule has 0 unspecified atom stereocenters. The van der Waals surface area contributed by atoms with E-state index in [4.69, 9.17) is 9.72 Å². The van der Waals surface area contributed by atoms with Crippen LogP contribution < -0.4 is 15.4 Å². The highest BCUT2D eigenvalue weighted by atomic mass is 19.1. The number of imidazole rings is 1. The number of aromatic nitrogens is 4. The van der Waals surface area contributed by atoms with Gasteiger partial charge in [-0.3, -0.25) is 14.0 Å². The first-order valence-corrected chi connectivity index (χ1v) is 12.7. The second-order valence-electron chi connectivity index (χ2n) is 10.4. The summed E-state index contributed by atoms with van der Waals surface area (Å²) in [7, 11) is 0. The highest BCUT2D eigenvalue weighted by Crippen LogP contribution is 2.40. The van der Waals surface area contributed by atoms with E-state index >= 15 is 0 Å². The van der Waals surface area contributed by atoms with Crippen molar-refractivity contribution in [3.63, 3.8) is 0 Å². The van der Waals surface area contributed by atoms with Gasteiger partial charge >= 0.3 is 0 Å². The van der Waals surface area contributed by atoms with E-state index in [1.807, 2.05) is 0 Å². The Morgan fingerprint density at radius 3 is 2.62 bits per heavy atom. The van der Waals surface area contributed by atoms with E-state index in [0.717, 1.165) is 12.8 Å². The molecule has 1 aliphatic heterocycles. The van der Waals surface area contributed by atoms with E-state index < -0.39 is 17.0 Å². The molecule has 4 heterocycles. The number of ether oxygens (including phenoxy) is 1. The summed E-state index contributed by atoms with van der Waals surface area (Å²) in [5, 5.41) is 5.80. The second-order valence-corrected chi connectivity index (χ2v) is 10.4. The molecule has 0 bridgehead atoms. The van der Waals surface area contributed by atoms with Gasteiger partial charge in [-0.05, 0) is 57.9 Å². The molecule has 6 rings (SSSR count). The lowest BCUT2D eigenvalue weighted by Crippen LogP contribution is -2.30. The van der Waals surface area contributed by atoms with Crippen molar-refractivity contribution in [2.45, 2.75) is 52.2 Å². The Balaban J connectivity index is 1.40. The van der Waals surface area contributed by atoms with Crippen LogP contribution >= 0.6 is 0 Å². The van der Waals surface area contributed by atoms with E-state index in [1.165, 1.54) is 18.2 Å². The van der Waals surface area contributed by atoms with Crippen LogP contribution in [0.15, 0.2) is 36.5 Å². The molecular weight excluding hydrogens is 506 g/mol. The van der Waals surface area contributed by atoms with Gasteiger partial charge in [0.1, 0.15) is 29.8 Å². The average molecular weight is 533 g/mol. The number of pyridine rings is 1. The molecule has 2 N–H and O–H groups in total. The first-order chi connectivity index (χ1) is 18.6. The summed E-state index contributed by atoms with van der Waals surface area (Å²) in [6, 6.07) is 7.03. The fraction of sp³-hybridized carbons (Fsp3) is 0.321. The van der Waals surface area contributed by atoms with Gasteiger partial charge in [0.15, 0.2) is 17.2 Å². The fourth-order valence-corrected chi connectivity index (χ4v) is 4.88. The largest absolute Gasteiger partial charge is 0.485 e. The van der Waals surface area contributed by atoms with Gasteiger partial charge in [0, 0.05) is 17.7 Å². The minimum absolute atomic E-state index is 0.0296. The Morgan fingerprint density at radius 1 is 1.15 bits per heavy atom. The number of nitrogens with one attached hydrogen (secondary N) is 2. The molecule has 0 saturated heterocycles. The summed E-state index contributed by atoms with van der Waals surface area (Å²) in [6.07, 6.45) is 3.51. The number of hydrogen-bond donors (Lipinski definition) is 2. The SMILES string of the molecule is Cc1nc2c(OCc3c(F)cccc3F)cccn2c1-c1nc(CNC(=O)C2CC2)c2c(n1)NC(=O)C2(C)C. The maximum absolute atomic E-state index is 14.1. The summed E-state index contributed by atoms with van der Waals surface area (Å²) >= 11 is 0. The van der Waals surface area contributed by atoms with Crippen LogP contribution in [0.2, 0.25) is 0 Å². The van der Waals surface area contributed by atoms with Crippen molar-refractivity contribution in [1.82, 2.24) is 24.7 Å². The number of fused-ring (bicyclic) bond motifs is 2. The molecule has 2 amide bonds. The third kappa shape index (κ3) is 4.27. The zero-order valence-electron chi connectivity index (χ0n) is 21.6. The summed E-state index contributed by atoms with van der Waals surface area (Å²) in [6.45, 7) is 5.22. The van der Waals surface area contributed by atoms with Crippen LogP contribution in [0.5, 0.6) is 5.75 Å². The Hall–Kier alpha value is -4.41. The predicted molar refractivity (Wildman–Crippen MR) is 138 cm³/mol. The van der Waals surface area contributed by atoms with E-state index in [2.05, 4.69) is 20.6 Å². The quantitative estimate of drug-likeness (QED) is 0.369. The number of carbonyl (C=O) groups is 2. The highest BCUT2D eigenvalue weighted by Gasteiger charge is 2.43. The highest BCUT2D eigenvalue weighted by molar-refractivity contribution is 6.05. The second kappa shape index (κ2) is 9.11. The maximum Gasteiger partial charge on any atom is 0.235 e. The molecule has 0 radical (unpaired) electrons. The third-order valence-electron chi connectivity index (χ3n) is 7.22. The zero-order valence-corrected chi connectivity index (χ0v) is 21.6. The molecule has 1 aromatic carbocycles. The van der Waals surface area contributed by atoms with E-state index in [9.17, 15) is 18.4 Å². The van der Waals surface area contributed by atoms with Crippen molar-refractivity contribution in [3.8, 4) is 17.3 Å². The maximum atomic E-state index is 14.1. The fourth-order valence-electron chi connectivity index (χ4n) is 4.88. The molecule has 4 aromatic rings. The zero-order chi connectivity index (χ0) is 27.5. The molecule has 200 valence electrons. The van der Waals surface area contributed by atoms with E-state index in [1.54, 1.807) is 43.5 Å². The van der Waals surface area contributed by atoms with Crippen LogP contribution in [0.25, 0.3) is 17.2 Å². The summed E-state index contributed by atoms with van der Waals surface area (Å²) in [4.78, 5) is 39.3. The lowest BCUT2D eigenvalue weighted by molar-refractivity contribution is -0.122. The molecular formula is C28H26F2N6O3. The molecule has 0 spiro atoms. The van der Waals surface area contributed by atoms with Crippen LogP contribution in [0.1, 0.15) is 49.2 Å². The van der Waals surface area contributed by atoms with Crippen molar-refractivity contribution in [1.29, 1.82) is 0 Å². The predicted octanol–water partition coefficient (Wildman–Crippen LogP) is 4.21. The smallest absolute Gasteiger partial charge is 0.235 e. The number of anilines is 1. The Labute approximate surface area is 222 Å². The van der Waals surface area contributed by atoms with Gasteiger partial charge in [0.25, 0.3) is 0 Å². The minimum atomic E-state index is -0.870. The molecule has 1 fully saturated rings. The average Bonchev–Trinajstić information content (AvgIpc) is 3.64. The lowest BCUT2D eigenvalue weighted by atomic mass is 9.85. The third-order valence-corrected chi connectivity index (χ3v) is 7.22. The molecule has 2 aliphatic rings. The molecule has 1 saturated carbocycles. The summed E-state index contributed by atoms with van der Waals surface area (Å²) < 4.78 is 35.8. The Kier molecular flexibility index (Phi) is 5.81. The molecule has 9 nitrogen and oxygen atoms in total. The monoisotopic (exact) mass is 532 g/mol. The summed E-state index contributed by atoms with van der Waals surface area (Å²) in [5.74, 6) is -0.568. The van der Waals surface area contributed by atoms with Gasteiger partial charge in [0.2, 0.25) is 11.8 Å². The van der Waals surface area contributed by atoms with Crippen LogP contribution in [0, 0.1) is 24.5 Å². The van der Waals surface area contributed by atoms with Crippen LogP contribution in [0.3, 0.4) is 0 Å². The van der Waals surface area contributed by atoms with E-state index in [0.29, 0.717) is 45.7 Å². The van der Waals surface area contributed by atoms with Gasteiger partial charge < -0.3 is 15.4 Å². The van der Waals surface area contributed by atoms with E-state index in [-0.39, 0.29) is 36.4 Å².